The predicted molar refractivity (Wildman–Crippen MR) is 175 cm³/mol. The van der Waals surface area contributed by atoms with Crippen molar-refractivity contribution >= 4 is 29.1 Å². The van der Waals surface area contributed by atoms with Crippen LogP contribution < -0.4 is 26.0 Å². The number of rotatable bonds is 13. The van der Waals surface area contributed by atoms with E-state index in [9.17, 15) is 9.59 Å². The molecule has 46 heavy (non-hydrogen) atoms. The van der Waals surface area contributed by atoms with E-state index in [4.69, 9.17) is 21.4 Å². The minimum absolute atomic E-state index is 0.0241. The third kappa shape index (κ3) is 7.68. The van der Waals surface area contributed by atoms with Crippen molar-refractivity contribution in [3.05, 3.63) is 94.1 Å². The highest BCUT2D eigenvalue weighted by atomic mass is 35.5. The Labute approximate surface area is 271 Å². The first-order valence-electron chi connectivity index (χ1n) is 15.0. The zero-order chi connectivity index (χ0) is 32.6. The molecule has 5 rings (SSSR count). The first kappa shape index (κ1) is 33.0. The maximum Gasteiger partial charge on any atom is 0.274 e. The minimum Gasteiger partial charge on any atom is -0.496 e. The van der Waals surface area contributed by atoms with Crippen LogP contribution in [0.4, 0.5) is 10.1 Å². The van der Waals surface area contributed by atoms with Crippen LogP contribution in [0.5, 0.6) is 5.75 Å². The highest BCUT2D eigenvalue weighted by Crippen LogP contribution is 2.39. The third-order valence-corrected chi connectivity index (χ3v) is 8.24. The van der Waals surface area contributed by atoms with Gasteiger partial charge >= 0.3 is 0 Å². The second-order valence-electron chi connectivity index (χ2n) is 11.0. The summed E-state index contributed by atoms with van der Waals surface area (Å²) < 4.78 is 21.0. The Morgan fingerprint density at radius 2 is 1.98 bits per heavy atom. The van der Waals surface area contributed by atoms with E-state index in [2.05, 4.69) is 31.2 Å². The van der Waals surface area contributed by atoms with E-state index in [1.54, 1.807) is 36.7 Å². The lowest BCUT2D eigenvalue weighted by molar-refractivity contribution is -0.119. The molecule has 240 valence electrons. The molecule has 0 unspecified atom stereocenters. The molecule has 0 spiro atoms. The van der Waals surface area contributed by atoms with Gasteiger partial charge in [0, 0.05) is 73.4 Å². The van der Waals surface area contributed by atoms with Crippen LogP contribution in [0.2, 0.25) is 5.02 Å². The summed E-state index contributed by atoms with van der Waals surface area (Å²) in [5, 5.41) is 21.4. The van der Waals surface area contributed by atoms with E-state index in [0.717, 1.165) is 23.1 Å². The Kier molecular flexibility index (Phi) is 10.9. The number of benzene rings is 2. The van der Waals surface area contributed by atoms with Gasteiger partial charge in [0.1, 0.15) is 17.3 Å². The maximum absolute atomic E-state index is 15.5. The lowest BCUT2D eigenvalue weighted by atomic mass is 9.97. The van der Waals surface area contributed by atoms with Crippen LogP contribution in [-0.4, -0.2) is 59.7 Å². The number of anilines is 1. The van der Waals surface area contributed by atoms with Gasteiger partial charge < -0.3 is 31.1 Å². The largest absolute Gasteiger partial charge is 0.496 e. The summed E-state index contributed by atoms with van der Waals surface area (Å²) in [6.45, 7) is 3.68. The number of nitrogens with one attached hydrogen (secondary N) is 4. The zero-order valence-corrected chi connectivity index (χ0v) is 26.4. The van der Waals surface area contributed by atoms with Gasteiger partial charge in [-0.3, -0.25) is 19.6 Å². The van der Waals surface area contributed by atoms with E-state index < -0.39 is 5.82 Å². The molecular formula is C34H36ClFN6O4. The summed E-state index contributed by atoms with van der Waals surface area (Å²) in [6.07, 6.45) is 4.48. The van der Waals surface area contributed by atoms with E-state index in [1.807, 2.05) is 25.1 Å². The number of carbonyl (C=O) groups is 2. The molecule has 0 bridgehead atoms. The Bertz CT molecular complexity index is 1720. The van der Waals surface area contributed by atoms with Gasteiger partial charge in [-0.1, -0.05) is 29.8 Å². The predicted octanol–water partition coefficient (Wildman–Crippen LogP) is 4.62. The van der Waals surface area contributed by atoms with Gasteiger partial charge in [-0.25, -0.2) is 4.39 Å². The zero-order valence-electron chi connectivity index (χ0n) is 25.6. The summed E-state index contributed by atoms with van der Waals surface area (Å²) in [5.74, 6) is -0.446. The fourth-order valence-corrected chi connectivity index (χ4v) is 5.70. The van der Waals surface area contributed by atoms with Gasteiger partial charge in [0.05, 0.1) is 24.4 Å². The molecule has 3 heterocycles. The number of hydrogen-bond acceptors (Lipinski definition) is 8. The Morgan fingerprint density at radius 1 is 1.13 bits per heavy atom. The van der Waals surface area contributed by atoms with Crippen LogP contribution in [-0.2, 0) is 17.9 Å². The van der Waals surface area contributed by atoms with Gasteiger partial charge in [0.15, 0.2) is 0 Å². The number of aliphatic hydroxyl groups excluding tert-OH is 1. The normalized spacial score (nSPS) is 14.3. The number of nitrogens with zero attached hydrogens (tertiary/aromatic N) is 2. The van der Waals surface area contributed by atoms with Gasteiger partial charge in [-0.05, 0) is 60.4 Å². The molecule has 10 nitrogen and oxygen atoms in total. The van der Waals surface area contributed by atoms with Crippen molar-refractivity contribution in [1.82, 2.24) is 25.9 Å². The Hall–Kier alpha value is -4.42. The Balaban J connectivity index is 1.34. The van der Waals surface area contributed by atoms with E-state index in [1.165, 1.54) is 13.2 Å². The quantitative estimate of drug-likeness (QED) is 0.133. The summed E-state index contributed by atoms with van der Waals surface area (Å²) in [7, 11) is 1.48. The number of ether oxygens (including phenoxy) is 1. The molecule has 1 aliphatic rings. The monoisotopic (exact) mass is 646 g/mol. The van der Waals surface area contributed by atoms with Crippen molar-refractivity contribution in [1.29, 1.82) is 0 Å². The topological polar surface area (TPSA) is 138 Å². The average molecular weight is 647 g/mol. The molecule has 0 radical (unpaired) electrons. The number of pyridine rings is 2. The van der Waals surface area contributed by atoms with Gasteiger partial charge in [-0.15, -0.1) is 0 Å². The fraction of sp³-hybridized carbons (Fsp3) is 0.294. The molecule has 4 aromatic rings. The smallest absolute Gasteiger partial charge is 0.274 e. The van der Waals surface area contributed by atoms with Crippen molar-refractivity contribution in [2.75, 3.05) is 32.1 Å². The molecule has 2 aromatic heterocycles. The van der Waals surface area contributed by atoms with Crippen molar-refractivity contribution in [3.63, 3.8) is 0 Å². The van der Waals surface area contributed by atoms with Crippen LogP contribution >= 0.6 is 11.6 Å². The SMILES string of the molecule is COc1cc(-c2nccc(-c3cccc(NC(=O)c4ccc(CNCCO)cn4)c3C)c2Cl)cc(F)c1CNC[C@@H]1CCC(=O)N1. The van der Waals surface area contributed by atoms with Crippen LogP contribution in [0.15, 0.2) is 60.9 Å². The van der Waals surface area contributed by atoms with Gasteiger partial charge in [0.2, 0.25) is 5.91 Å². The Morgan fingerprint density at radius 3 is 2.70 bits per heavy atom. The molecule has 1 aliphatic heterocycles. The van der Waals surface area contributed by atoms with E-state index in [-0.39, 0.29) is 36.7 Å². The molecule has 12 heteroatoms. The average Bonchev–Trinajstić information content (AvgIpc) is 3.48. The highest BCUT2D eigenvalue weighted by molar-refractivity contribution is 6.35. The van der Waals surface area contributed by atoms with Crippen LogP contribution in [0.25, 0.3) is 22.4 Å². The summed E-state index contributed by atoms with van der Waals surface area (Å²) in [5.41, 5.74) is 5.18. The fourth-order valence-electron chi connectivity index (χ4n) is 5.38. The van der Waals surface area contributed by atoms with Crippen molar-refractivity contribution in [2.24, 2.45) is 0 Å². The minimum atomic E-state index is -0.468. The first-order chi connectivity index (χ1) is 22.3. The highest BCUT2D eigenvalue weighted by Gasteiger charge is 2.22. The molecule has 2 amide bonds. The molecule has 2 aromatic carbocycles. The number of amides is 2. The van der Waals surface area contributed by atoms with Crippen LogP contribution in [0, 0.1) is 12.7 Å². The molecule has 1 fully saturated rings. The lowest BCUT2D eigenvalue weighted by Crippen LogP contribution is -2.35. The molecular weight excluding hydrogens is 611 g/mol. The summed E-state index contributed by atoms with van der Waals surface area (Å²) in [4.78, 5) is 33.2. The standard InChI is InChI=1S/C34H36ClFN6O4/c1-20-24(4-3-5-28(20)42-34(45)29-8-6-21(17-40-29)16-37-12-13-43)25-10-11-39-33(32(25)35)22-14-27(36)26(30(15-22)46-2)19-38-18-23-7-9-31(44)41-23/h3-6,8,10-11,14-15,17,23,37-38,43H,7,9,12-13,16,18-19H2,1-2H3,(H,41,44)(H,42,45)/t23-/m0/s1. The first-order valence-corrected chi connectivity index (χ1v) is 15.4. The molecule has 5 N–H and O–H groups in total. The second-order valence-corrected chi connectivity index (χ2v) is 11.4. The number of aromatic nitrogens is 2. The number of methoxy groups -OCH3 is 1. The molecule has 1 atom stereocenters. The maximum atomic E-state index is 15.5. The summed E-state index contributed by atoms with van der Waals surface area (Å²) >= 11 is 6.93. The number of hydrogen-bond donors (Lipinski definition) is 5. The molecule has 1 saturated heterocycles. The number of aliphatic hydroxyl groups is 1. The van der Waals surface area contributed by atoms with Gasteiger partial charge in [0.25, 0.3) is 5.91 Å². The van der Waals surface area contributed by atoms with Gasteiger partial charge in [-0.2, -0.15) is 0 Å². The molecule has 0 aliphatic carbocycles. The van der Waals surface area contributed by atoms with Crippen LogP contribution in [0.1, 0.15) is 40.0 Å². The lowest BCUT2D eigenvalue weighted by Gasteiger charge is -2.17. The van der Waals surface area contributed by atoms with Crippen LogP contribution in [0.3, 0.4) is 0 Å². The second kappa shape index (κ2) is 15.2. The van der Waals surface area contributed by atoms with E-state index >= 15 is 4.39 Å². The van der Waals surface area contributed by atoms with Crippen molar-refractivity contribution in [2.45, 2.75) is 38.9 Å². The van der Waals surface area contributed by atoms with Crippen molar-refractivity contribution < 1.29 is 23.8 Å². The number of halogens is 2. The third-order valence-electron chi connectivity index (χ3n) is 7.86. The number of carbonyl (C=O) groups excluding carboxylic acids is 2. The van der Waals surface area contributed by atoms with E-state index in [0.29, 0.717) is 64.9 Å². The van der Waals surface area contributed by atoms with Crippen molar-refractivity contribution in [3.8, 4) is 28.1 Å². The summed E-state index contributed by atoms with van der Waals surface area (Å²) in [6, 6.07) is 13.9. The molecule has 0 saturated carbocycles.